The van der Waals surface area contributed by atoms with Crippen molar-refractivity contribution in [2.75, 3.05) is 0 Å². The van der Waals surface area contributed by atoms with Crippen LogP contribution in [0.15, 0.2) is 28.9 Å². The van der Waals surface area contributed by atoms with E-state index in [-0.39, 0.29) is 0 Å². The van der Waals surface area contributed by atoms with E-state index in [1.165, 1.54) is 0 Å². The molecular weight excluding hydrogens is 150 g/mol. The van der Waals surface area contributed by atoms with Gasteiger partial charge in [-0.25, -0.2) is 0 Å². The summed E-state index contributed by atoms with van der Waals surface area (Å²) < 4.78 is 5.33. The summed E-state index contributed by atoms with van der Waals surface area (Å²) in [5, 5.41) is 1.07. The largest absolute Gasteiger partial charge is 0.461 e. The summed E-state index contributed by atoms with van der Waals surface area (Å²) in [6, 6.07) is 3.84. The molecule has 0 amide bonds. The van der Waals surface area contributed by atoms with E-state index in [4.69, 9.17) is 4.42 Å². The Morgan fingerprint density at radius 1 is 1.33 bits per heavy atom. The summed E-state index contributed by atoms with van der Waals surface area (Å²) in [5.41, 5.74) is 0.910. The molecule has 64 valence electrons. The van der Waals surface area contributed by atoms with E-state index in [1.54, 1.807) is 12.4 Å². The zero-order valence-electron chi connectivity index (χ0n) is 7.66. The molecule has 2 heteroatoms. The lowest BCUT2D eigenvalue weighted by atomic mass is 10.3. The molecule has 2 aromatic heterocycles. The smallest absolute Gasteiger partial charge is 0.137 e. The van der Waals surface area contributed by atoms with Crippen LogP contribution < -0.4 is 0 Å². The van der Waals surface area contributed by atoms with E-state index in [1.807, 2.05) is 32.9 Å². The van der Waals surface area contributed by atoms with Crippen molar-refractivity contribution in [2.45, 2.75) is 20.8 Å². The molecule has 0 radical (unpaired) electrons. The fourth-order valence-corrected chi connectivity index (χ4v) is 1.02. The van der Waals surface area contributed by atoms with Crippen LogP contribution in [0.5, 0.6) is 0 Å². The van der Waals surface area contributed by atoms with Crippen LogP contribution in [-0.4, -0.2) is 4.98 Å². The second-order valence-corrected chi connectivity index (χ2v) is 2.27. The normalized spacial score (nSPS) is 9.25. The van der Waals surface area contributed by atoms with Crippen LogP contribution in [-0.2, 0) is 0 Å². The second-order valence-electron chi connectivity index (χ2n) is 2.27. The zero-order chi connectivity index (χ0) is 8.97. The molecule has 12 heavy (non-hydrogen) atoms. The van der Waals surface area contributed by atoms with Crippen molar-refractivity contribution in [1.29, 1.82) is 0 Å². The highest BCUT2D eigenvalue weighted by Gasteiger charge is 1.96. The van der Waals surface area contributed by atoms with Gasteiger partial charge in [-0.3, -0.25) is 4.98 Å². The van der Waals surface area contributed by atoms with E-state index in [9.17, 15) is 0 Å². The molecule has 0 bridgehead atoms. The number of aryl methyl sites for hydroxylation is 1. The molecule has 2 heterocycles. The molecule has 0 spiro atoms. The average molecular weight is 163 g/mol. The summed E-state index contributed by atoms with van der Waals surface area (Å²) in [5.74, 6) is 0.933. The van der Waals surface area contributed by atoms with Gasteiger partial charge >= 0.3 is 0 Å². The summed E-state index contributed by atoms with van der Waals surface area (Å²) >= 11 is 0. The molecule has 2 rings (SSSR count). The van der Waals surface area contributed by atoms with Crippen molar-refractivity contribution in [2.24, 2.45) is 0 Å². The van der Waals surface area contributed by atoms with E-state index in [2.05, 4.69) is 4.98 Å². The first-order valence-electron chi connectivity index (χ1n) is 4.16. The van der Waals surface area contributed by atoms with Gasteiger partial charge in [-0.05, 0) is 19.1 Å². The van der Waals surface area contributed by atoms with E-state index in [0.717, 1.165) is 16.7 Å². The van der Waals surface area contributed by atoms with Crippen molar-refractivity contribution in [3.8, 4) is 0 Å². The minimum Gasteiger partial charge on any atom is -0.461 e. The molecule has 0 aromatic carbocycles. The van der Waals surface area contributed by atoms with E-state index < -0.39 is 0 Å². The van der Waals surface area contributed by atoms with Crippen molar-refractivity contribution in [1.82, 2.24) is 4.98 Å². The fraction of sp³-hybridized carbons (Fsp3) is 0.300. The molecule has 2 nitrogen and oxygen atoms in total. The minimum absolute atomic E-state index is 0.910. The number of nitrogens with zero attached hydrogens (tertiary/aromatic N) is 1. The highest BCUT2D eigenvalue weighted by Crippen LogP contribution is 2.15. The standard InChI is InChI=1S/C8H7NO.C2H6/c1-6-4-7-5-9-3-2-8(7)10-6;1-2/h2-5H,1H3;1-2H3. The molecule has 0 N–H and O–H groups in total. The van der Waals surface area contributed by atoms with Crippen LogP contribution in [0.25, 0.3) is 11.0 Å². The topological polar surface area (TPSA) is 26.0 Å². The predicted octanol–water partition coefficient (Wildman–Crippen LogP) is 3.16. The van der Waals surface area contributed by atoms with Gasteiger partial charge in [0.15, 0.2) is 0 Å². The molecular formula is C10H13NO. The number of furan rings is 1. The summed E-state index contributed by atoms with van der Waals surface area (Å²) in [4.78, 5) is 3.97. The third-order valence-electron chi connectivity index (χ3n) is 1.44. The van der Waals surface area contributed by atoms with Crippen LogP contribution in [0.4, 0.5) is 0 Å². The van der Waals surface area contributed by atoms with Crippen LogP contribution in [0.3, 0.4) is 0 Å². The summed E-state index contributed by atoms with van der Waals surface area (Å²) in [6.07, 6.45) is 3.52. The molecule has 0 aliphatic carbocycles. The lowest BCUT2D eigenvalue weighted by Crippen LogP contribution is -1.65. The molecule has 0 aliphatic rings. The van der Waals surface area contributed by atoms with Crippen molar-refractivity contribution >= 4 is 11.0 Å². The third kappa shape index (κ3) is 1.64. The Hall–Kier alpha value is -1.31. The monoisotopic (exact) mass is 163 g/mol. The lowest BCUT2D eigenvalue weighted by Gasteiger charge is -1.81. The number of pyridine rings is 1. The molecule has 0 unspecified atom stereocenters. The number of aromatic nitrogens is 1. The molecule has 0 fully saturated rings. The van der Waals surface area contributed by atoms with Gasteiger partial charge in [0, 0.05) is 17.8 Å². The van der Waals surface area contributed by atoms with Crippen molar-refractivity contribution < 1.29 is 4.42 Å². The second kappa shape index (κ2) is 3.90. The quantitative estimate of drug-likeness (QED) is 0.596. The van der Waals surface area contributed by atoms with E-state index >= 15 is 0 Å². The maximum atomic E-state index is 5.33. The number of fused-ring (bicyclic) bond motifs is 1. The fourth-order valence-electron chi connectivity index (χ4n) is 1.02. The first-order valence-corrected chi connectivity index (χ1v) is 4.16. The Labute approximate surface area is 72.2 Å². The highest BCUT2D eigenvalue weighted by atomic mass is 16.3. The van der Waals surface area contributed by atoms with Crippen LogP contribution in [0.1, 0.15) is 19.6 Å². The first kappa shape index (κ1) is 8.78. The highest BCUT2D eigenvalue weighted by molar-refractivity contribution is 5.76. The van der Waals surface area contributed by atoms with Gasteiger partial charge in [-0.15, -0.1) is 0 Å². The summed E-state index contributed by atoms with van der Waals surface area (Å²) in [6.45, 7) is 5.93. The maximum absolute atomic E-state index is 5.33. The minimum atomic E-state index is 0.910. The lowest BCUT2D eigenvalue weighted by molar-refractivity contribution is 0.578. The average Bonchev–Trinajstić information content (AvgIpc) is 2.48. The maximum Gasteiger partial charge on any atom is 0.137 e. The number of hydrogen-bond acceptors (Lipinski definition) is 2. The zero-order valence-corrected chi connectivity index (χ0v) is 7.66. The van der Waals surface area contributed by atoms with Gasteiger partial charge in [-0.1, -0.05) is 13.8 Å². The summed E-state index contributed by atoms with van der Waals surface area (Å²) in [7, 11) is 0. The van der Waals surface area contributed by atoms with Gasteiger partial charge in [0.05, 0.1) is 0 Å². The Bertz CT molecular complexity index is 318. The van der Waals surface area contributed by atoms with Crippen LogP contribution in [0.2, 0.25) is 0 Å². The van der Waals surface area contributed by atoms with Gasteiger partial charge in [-0.2, -0.15) is 0 Å². The molecule has 0 saturated carbocycles. The van der Waals surface area contributed by atoms with Gasteiger partial charge in [0.25, 0.3) is 0 Å². The third-order valence-corrected chi connectivity index (χ3v) is 1.44. The Morgan fingerprint density at radius 2 is 2.08 bits per heavy atom. The molecule has 0 atom stereocenters. The van der Waals surface area contributed by atoms with Gasteiger partial charge in [0.2, 0.25) is 0 Å². The van der Waals surface area contributed by atoms with Crippen molar-refractivity contribution in [3.63, 3.8) is 0 Å². The molecule has 0 saturated heterocycles. The Morgan fingerprint density at radius 3 is 2.75 bits per heavy atom. The van der Waals surface area contributed by atoms with Crippen LogP contribution >= 0.6 is 0 Å². The molecule has 2 aromatic rings. The predicted molar refractivity (Wildman–Crippen MR) is 50.1 cm³/mol. The number of hydrogen-bond donors (Lipinski definition) is 0. The molecule has 0 aliphatic heterocycles. The van der Waals surface area contributed by atoms with Gasteiger partial charge < -0.3 is 4.42 Å². The Kier molecular flexibility index (Phi) is 2.86. The van der Waals surface area contributed by atoms with Gasteiger partial charge in [0.1, 0.15) is 11.3 Å². The first-order chi connectivity index (χ1) is 5.86. The SMILES string of the molecule is CC.Cc1cc2cnccc2o1. The van der Waals surface area contributed by atoms with E-state index in [0.29, 0.717) is 0 Å². The Balaban J connectivity index is 0.000000336. The van der Waals surface area contributed by atoms with Crippen molar-refractivity contribution in [3.05, 3.63) is 30.3 Å². The van der Waals surface area contributed by atoms with Crippen LogP contribution in [0, 0.1) is 6.92 Å². The number of rotatable bonds is 0.